The molecule has 0 aromatic heterocycles. The van der Waals surface area contributed by atoms with Crippen LogP contribution in [0.4, 0.5) is 0 Å². The van der Waals surface area contributed by atoms with Gasteiger partial charge in [0.25, 0.3) is 0 Å². The number of ketones is 1. The summed E-state index contributed by atoms with van der Waals surface area (Å²) in [5.74, 6) is -1.41. The van der Waals surface area contributed by atoms with Crippen LogP contribution in [0, 0.1) is 0 Å². The molecule has 0 aliphatic carbocycles. The molecule has 0 radical (unpaired) electrons. The molecular weight excluding hydrogens is 500 g/mol. The predicted molar refractivity (Wildman–Crippen MR) is 143 cm³/mol. The summed E-state index contributed by atoms with van der Waals surface area (Å²) in [6.45, 7) is 4.35. The molecule has 10 heteroatoms. The quantitative estimate of drug-likeness (QED) is 0.303. The second-order valence-corrected chi connectivity index (χ2v) is 11.0. The van der Waals surface area contributed by atoms with Crippen molar-refractivity contribution in [1.82, 2.24) is 20.9 Å². The zero-order valence-corrected chi connectivity index (χ0v) is 22.9. The first-order valence-corrected chi connectivity index (χ1v) is 14.1. The molecule has 3 fully saturated rings. The monoisotopic (exact) mass is 540 g/mol. The highest BCUT2D eigenvalue weighted by Crippen LogP contribution is 2.22. The molecule has 212 valence electrons. The van der Waals surface area contributed by atoms with Crippen molar-refractivity contribution in [1.29, 1.82) is 0 Å². The first-order chi connectivity index (χ1) is 18.7. The number of unbranched alkanes of at least 4 members (excludes halogenated alkanes) is 2. The van der Waals surface area contributed by atoms with Gasteiger partial charge in [-0.05, 0) is 44.6 Å². The van der Waals surface area contributed by atoms with Crippen LogP contribution in [0.15, 0.2) is 30.3 Å². The zero-order valence-electron chi connectivity index (χ0n) is 22.9. The van der Waals surface area contributed by atoms with Crippen molar-refractivity contribution in [3.8, 4) is 0 Å². The third kappa shape index (κ3) is 7.23. The number of ether oxygens (including phenoxy) is 1. The van der Waals surface area contributed by atoms with E-state index in [1.807, 2.05) is 30.3 Å². The predicted octanol–water partition coefficient (Wildman–Crippen LogP) is 1.41. The minimum absolute atomic E-state index is 0.105. The van der Waals surface area contributed by atoms with Gasteiger partial charge in [0.2, 0.25) is 23.6 Å². The smallest absolute Gasteiger partial charge is 0.246 e. The fourth-order valence-corrected chi connectivity index (χ4v) is 5.29. The van der Waals surface area contributed by atoms with E-state index in [4.69, 9.17) is 4.74 Å². The molecule has 5 atom stereocenters. The van der Waals surface area contributed by atoms with Gasteiger partial charge in [0.1, 0.15) is 29.8 Å². The number of carbonyl (C=O) groups is 5. The van der Waals surface area contributed by atoms with Gasteiger partial charge < -0.3 is 25.6 Å². The van der Waals surface area contributed by atoms with E-state index in [1.165, 1.54) is 0 Å². The van der Waals surface area contributed by atoms with Gasteiger partial charge in [-0.25, -0.2) is 0 Å². The third-order valence-electron chi connectivity index (χ3n) is 8.07. The van der Waals surface area contributed by atoms with E-state index in [0.717, 1.165) is 12.0 Å². The number of Topliss-reactive ketones (excluding diaryl/α,β-unsaturated/α-hetero) is 1. The summed E-state index contributed by atoms with van der Waals surface area (Å²) in [5, 5.41) is 8.65. The van der Waals surface area contributed by atoms with Crippen molar-refractivity contribution in [3.63, 3.8) is 0 Å². The van der Waals surface area contributed by atoms with Gasteiger partial charge in [0.05, 0.1) is 6.61 Å². The number of amides is 4. The molecule has 0 bridgehead atoms. The van der Waals surface area contributed by atoms with Gasteiger partial charge in [-0.1, -0.05) is 50.1 Å². The maximum Gasteiger partial charge on any atom is 0.246 e. The fraction of sp³-hybridized carbons (Fsp3) is 0.621. The topological polar surface area (TPSA) is 137 Å². The SMILES string of the molecule is CC[C@]1(C)NC(=O)[C@H](CCCCCC(=O)[C@H]2CO2)NC(=O)[C@@H]2CCCN2C(=O)[C@@H](Cc2ccccc2)NC1=O. The molecule has 3 heterocycles. The second-order valence-electron chi connectivity index (χ2n) is 11.0. The Morgan fingerprint density at radius 2 is 1.77 bits per heavy atom. The molecule has 0 spiro atoms. The molecule has 3 saturated heterocycles. The molecule has 0 saturated carbocycles. The Kier molecular flexibility index (Phi) is 9.37. The van der Waals surface area contributed by atoms with E-state index >= 15 is 0 Å². The van der Waals surface area contributed by atoms with E-state index < -0.39 is 35.5 Å². The highest BCUT2D eigenvalue weighted by molar-refractivity contribution is 5.99. The molecule has 39 heavy (non-hydrogen) atoms. The Morgan fingerprint density at radius 1 is 1.03 bits per heavy atom. The Balaban J connectivity index is 1.51. The molecule has 0 unspecified atom stereocenters. The summed E-state index contributed by atoms with van der Waals surface area (Å²) < 4.78 is 5.02. The molecule has 1 aromatic rings. The minimum Gasteiger partial charge on any atom is -0.365 e. The van der Waals surface area contributed by atoms with Crippen molar-refractivity contribution in [2.75, 3.05) is 13.2 Å². The lowest BCUT2D eigenvalue weighted by Crippen LogP contribution is -2.65. The summed E-state index contributed by atoms with van der Waals surface area (Å²) in [6.07, 6.45) is 4.32. The van der Waals surface area contributed by atoms with Crippen LogP contribution in [-0.4, -0.2) is 77.2 Å². The van der Waals surface area contributed by atoms with Gasteiger partial charge >= 0.3 is 0 Å². The highest BCUT2D eigenvalue weighted by atomic mass is 16.6. The zero-order chi connectivity index (χ0) is 28.0. The normalized spacial score (nSPS) is 29.4. The van der Waals surface area contributed by atoms with E-state index in [9.17, 15) is 24.0 Å². The van der Waals surface area contributed by atoms with Crippen LogP contribution in [0.3, 0.4) is 0 Å². The number of hydrogen-bond acceptors (Lipinski definition) is 6. The van der Waals surface area contributed by atoms with Crippen LogP contribution in [-0.2, 0) is 35.1 Å². The van der Waals surface area contributed by atoms with Crippen molar-refractivity contribution >= 4 is 29.4 Å². The Bertz CT molecular complexity index is 1070. The lowest BCUT2D eigenvalue weighted by atomic mass is 9.94. The summed E-state index contributed by atoms with van der Waals surface area (Å²) in [4.78, 5) is 67.5. The number of carbonyl (C=O) groups excluding carboxylic acids is 5. The largest absolute Gasteiger partial charge is 0.365 e. The highest BCUT2D eigenvalue weighted by Gasteiger charge is 2.43. The van der Waals surface area contributed by atoms with Gasteiger partial charge in [0.15, 0.2) is 5.78 Å². The number of hydrogen-bond donors (Lipinski definition) is 3. The van der Waals surface area contributed by atoms with Gasteiger partial charge in [-0.15, -0.1) is 0 Å². The van der Waals surface area contributed by atoms with Crippen LogP contribution in [0.2, 0.25) is 0 Å². The number of epoxide rings is 1. The molecule has 1 aromatic carbocycles. The van der Waals surface area contributed by atoms with Crippen molar-refractivity contribution in [2.24, 2.45) is 0 Å². The molecule has 3 aliphatic heterocycles. The lowest BCUT2D eigenvalue weighted by Gasteiger charge is -2.36. The number of nitrogens with one attached hydrogen (secondary N) is 3. The minimum atomic E-state index is -1.27. The summed E-state index contributed by atoms with van der Waals surface area (Å²) in [5.41, 5.74) is -0.382. The Labute approximate surface area is 229 Å². The molecule has 3 aliphatic rings. The number of fused-ring (bicyclic) bond motifs is 1. The average molecular weight is 541 g/mol. The number of nitrogens with zero attached hydrogens (tertiary/aromatic N) is 1. The van der Waals surface area contributed by atoms with Gasteiger partial charge in [-0.3, -0.25) is 24.0 Å². The molecule has 10 nitrogen and oxygen atoms in total. The van der Waals surface area contributed by atoms with Crippen LogP contribution < -0.4 is 16.0 Å². The first-order valence-electron chi connectivity index (χ1n) is 14.1. The van der Waals surface area contributed by atoms with Crippen LogP contribution in [0.5, 0.6) is 0 Å². The number of benzene rings is 1. The molecular formula is C29H40N4O6. The maximum absolute atomic E-state index is 13.7. The second kappa shape index (κ2) is 12.7. The third-order valence-corrected chi connectivity index (χ3v) is 8.07. The fourth-order valence-electron chi connectivity index (χ4n) is 5.29. The molecule has 4 amide bonds. The summed E-state index contributed by atoms with van der Waals surface area (Å²) in [6, 6.07) is 7.00. The Morgan fingerprint density at radius 3 is 2.46 bits per heavy atom. The Hall–Kier alpha value is -3.27. The standard InChI is InChI=1S/C29H40N4O6/c1-3-29(2)28(38)31-21(17-19-11-6-4-7-12-19)27(37)33-16-10-14-22(33)26(36)30-20(25(35)32-29)13-8-5-9-15-23(34)24-18-39-24/h4,6-7,11-12,20-22,24H,3,5,8-10,13-18H2,1-2H3,(H,30,36)(H,31,38)(H,32,35)/t20-,21+,22-,24+,29-/m0/s1. The lowest BCUT2D eigenvalue weighted by molar-refractivity contribution is -0.144. The number of rotatable bonds is 10. The van der Waals surface area contributed by atoms with Gasteiger partial charge in [0, 0.05) is 19.4 Å². The molecule has 3 N–H and O–H groups in total. The van der Waals surface area contributed by atoms with Crippen LogP contribution in [0.1, 0.15) is 70.8 Å². The van der Waals surface area contributed by atoms with Crippen molar-refractivity contribution < 1.29 is 28.7 Å². The van der Waals surface area contributed by atoms with Crippen molar-refractivity contribution in [2.45, 2.75) is 101 Å². The van der Waals surface area contributed by atoms with E-state index in [1.54, 1.807) is 18.7 Å². The average Bonchev–Trinajstić information content (AvgIpc) is 3.67. The summed E-state index contributed by atoms with van der Waals surface area (Å²) >= 11 is 0. The summed E-state index contributed by atoms with van der Waals surface area (Å²) in [7, 11) is 0. The van der Waals surface area contributed by atoms with E-state index in [0.29, 0.717) is 58.1 Å². The maximum atomic E-state index is 13.7. The van der Waals surface area contributed by atoms with Crippen LogP contribution in [0.25, 0.3) is 0 Å². The van der Waals surface area contributed by atoms with Crippen LogP contribution >= 0.6 is 0 Å². The van der Waals surface area contributed by atoms with Gasteiger partial charge in [-0.2, -0.15) is 0 Å². The van der Waals surface area contributed by atoms with E-state index in [-0.39, 0.29) is 30.1 Å². The first kappa shape index (κ1) is 28.7. The van der Waals surface area contributed by atoms with Crippen molar-refractivity contribution in [3.05, 3.63) is 35.9 Å². The molecule has 4 rings (SSSR count). The van der Waals surface area contributed by atoms with E-state index in [2.05, 4.69) is 16.0 Å².